The number of halogens is 1. The summed E-state index contributed by atoms with van der Waals surface area (Å²) in [6, 6.07) is 0. The molecule has 0 radical (unpaired) electrons. The van der Waals surface area contributed by atoms with E-state index >= 15 is 0 Å². The van der Waals surface area contributed by atoms with E-state index in [1.807, 2.05) is 0 Å². The number of alkyl halides is 1. The Labute approximate surface area is 173 Å². The van der Waals surface area contributed by atoms with Crippen molar-refractivity contribution in [3.05, 3.63) is 0 Å². The second-order valence-electron chi connectivity index (χ2n) is 7.79. The van der Waals surface area contributed by atoms with Crippen molar-refractivity contribution in [3.8, 4) is 12.3 Å². The Hall–Kier alpha value is -0.410. The molecule has 2 rings (SSSR count). The Kier molecular flexibility index (Phi) is 12.5. The number of aliphatic carboxylic acids is 1. The molecule has 0 unspecified atom stereocenters. The summed E-state index contributed by atoms with van der Waals surface area (Å²) in [7, 11) is 0. The van der Waals surface area contributed by atoms with Crippen molar-refractivity contribution < 1.29 is 20.1 Å². The minimum Gasteiger partial charge on any atom is -0.481 e. The largest absolute Gasteiger partial charge is 0.481 e. The van der Waals surface area contributed by atoms with E-state index in [0.29, 0.717) is 24.2 Å². The van der Waals surface area contributed by atoms with Gasteiger partial charge in [-0.25, -0.2) is 0 Å². The Morgan fingerprint density at radius 2 is 1.96 bits per heavy atom. The number of hydrogen-bond donors (Lipinski definition) is 3. The number of rotatable bonds is 8. The van der Waals surface area contributed by atoms with Gasteiger partial charge in [0.2, 0.25) is 0 Å². The summed E-state index contributed by atoms with van der Waals surface area (Å²) in [5, 5.41) is 27.5. The molecule has 2 fully saturated rings. The third-order valence-corrected chi connectivity index (χ3v) is 7.31. The second kappa shape index (κ2) is 13.7. The molecule has 2 aliphatic carbocycles. The molecule has 0 aliphatic heterocycles. The van der Waals surface area contributed by atoms with Crippen molar-refractivity contribution in [2.45, 2.75) is 82.3 Å². The summed E-state index contributed by atoms with van der Waals surface area (Å²) >= 11 is 7.67. The van der Waals surface area contributed by atoms with Crippen LogP contribution in [0.1, 0.15) is 64.7 Å². The normalized spacial score (nSPS) is 29.4. The summed E-state index contributed by atoms with van der Waals surface area (Å²) in [6.07, 6.45) is 14.2. The molecular formula is C21H35ClO4S. The van der Waals surface area contributed by atoms with Crippen LogP contribution < -0.4 is 0 Å². The quantitative estimate of drug-likeness (QED) is 0.313. The first kappa shape index (κ1) is 24.6. The summed E-state index contributed by atoms with van der Waals surface area (Å²) in [5.74, 6) is 3.82. The van der Waals surface area contributed by atoms with Gasteiger partial charge in [-0.2, -0.15) is 11.8 Å². The highest BCUT2D eigenvalue weighted by Crippen LogP contribution is 2.38. The molecule has 156 valence electrons. The van der Waals surface area contributed by atoms with Crippen LogP contribution in [0.25, 0.3) is 0 Å². The lowest BCUT2D eigenvalue weighted by Gasteiger charge is -2.22. The van der Waals surface area contributed by atoms with Crippen LogP contribution in [0.3, 0.4) is 0 Å². The second-order valence-corrected chi connectivity index (χ2v) is 9.46. The minimum atomic E-state index is -0.747. The predicted molar refractivity (Wildman–Crippen MR) is 113 cm³/mol. The Morgan fingerprint density at radius 1 is 1.30 bits per heavy atom. The molecule has 0 aromatic carbocycles. The van der Waals surface area contributed by atoms with Gasteiger partial charge in [0.05, 0.1) is 11.9 Å². The van der Waals surface area contributed by atoms with Gasteiger partial charge >= 0.3 is 5.97 Å². The maximum absolute atomic E-state index is 10.3. The van der Waals surface area contributed by atoms with Crippen LogP contribution in [0.2, 0.25) is 0 Å². The van der Waals surface area contributed by atoms with Gasteiger partial charge in [0, 0.05) is 5.38 Å². The third kappa shape index (κ3) is 9.56. The molecule has 4 nitrogen and oxygen atoms in total. The lowest BCUT2D eigenvalue weighted by molar-refractivity contribution is -0.133. The van der Waals surface area contributed by atoms with Crippen LogP contribution in [0.4, 0.5) is 0 Å². The van der Waals surface area contributed by atoms with E-state index < -0.39 is 12.1 Å². The topological polar surface area (TPSA) is 77.8 Å². The first-order valence-electron chi connectivity index (χ1n) is 10.1. The number of aliphatic hydroxyl groups excluding tert-OH is 2. The van der Waals surface area contributed by atoms with Gasteiger partial charge in [-0.3, -0.25) is 4.79 Å². The van der Waals surface area contributed by atoms with Crippen LogP contribution >= 0.6 is 23.4 Å². The Balaban J connectivity index is 0.000000309. The number of terminal acetylenes is 1. The first-order valence-corrected chi connectivity index (χ1v) is 11.7. The van der Waals surface area contributed by atoms with Gasteiger partial charge in [-0.1, -0.05) is 38.5 Å². The van der Waals surface area contributed by atoms with Gasteiger partial charge in [0.1, 0.15) is 6.10 Å². The maximum Gasteiger partial charge on any atom is 0.313 e. The fourth-order valence-electron chi connectivity index (χ4n) is 4.01. The lowest BCUT2D eigenvalue weighted by Crippen LogP contribution is -2.20. The number of carboxylic acids is 1. The first-order chi connectivity index (χ1) is 12.9. The van der Waals surface area contributed by atoms with E-state index in [1.54, 1.807) is 0 Å². The van der Waals surface area contributed by atoms with Gasteiger partial charge in [-0.15, -0.1) is 18.0 Å². The summed E-state index contributed by atoms with van der Waals surface area (Å²) < 4.78 is 0. The van der Waals surface area contributed by atoms with Crippen molar-refractivity contribution in [1.82, 2.24) is 0 Å². The Bertz CT molecular complexity index is 462. The highest BCUT2D eigenvalue weighted by molar-refractivity contribution is 7.99. The molecule has 5 atom stereocenters. The number of carboxylic acid groups (broad SMARTS) is 1. The van der Waals surface area contributed by atoms with Crippen molar-refractivity contribution in [1.29, 1.82) is 0 Å². The average Bonchev–Trinajstić information content (AvgIpc) is 2.90. The molecule has 6 heteroatoms. The minimum absolute atomic E-state index is 0.103. The fraction of sp³-hybridized carbons (Fsp3) is 0.857. The molecule has 0 amide bonds. The number of unbranched alkanes of at least 4 members (excludes halogenated alkanes) is 1. The maximum atomic E-state index is 10.3. The molecule has 2 aliphatic rings. The van der Waals surface area contributed by atoms with Gasteiger partial charge in [0.25, 0.3) is 0 Å². The third-order valence-electron chi connectivity index (χ3n) is 5.78. The number of hydrogen-bond acceptors (Lipinski definition) is 4. The van der Waals surface area contributed by atoms with Gasteiger partial charge in [-0.05, 0) is 55.6 Å². The zero-order valence-electron chi connectivity index (χ0n) is 16.4. The molecule has 0 spiro atoms. The van der Waals surface area contributed by atoms with E-state index in [-0.39, 0.29) is 17.2 Å². The standard InChI is InChI=1S/C12H21ClO3S.C9H14O/c1-8-9(10(13)6-11(8)14)4-2-3-5-17-7-12(15)16;1-2-9(10)8-6-4-3-5-7-8/h8-11,14H,2-7H2,1H3,(H,15,16);1,8-10H,3-7H2/t8-,9-,10-,11-;9-/m11/s1. The summed E-state index contributed by atoms with van der Waals surface area (Å²) in [6.45, 7) is 2.07. The zero-order valence-corrected chi connectivity index (χ0v) is 17.9. The molecule has 2 saturated carbocycles. The number of carbonyl (C=O) groups is 1. The molecule has 3 N–H and O–H groups in total. The van der Waals surface area contributed by atoms with Crippen LogP contribution in [-0.2, 0) is 4.79 Å². The van der Waals surface area contributed by atoms with E-state index in [9.17, 15) is 15.0 Å². The van der Waals surface area contributed by atoms with E-state index in [1.165, 1.54) is 31.0 Å². The molecule has 0 saturated heterocycles. The zero-order chi connectivity index (χ0) is 20.2. The smallest absolute Gasteiger partial charge is 0.313 e. The van der Waals surface area contributed by atoms with Crippen molar-refractivity contribution in [2.75, 3.05) is 11.5 Å². The monoisotopic (exact) mass is 418 g/mol. The van der Waals surface area contributed by atoms with Gasteiger partial charge in [0.15, 0.2) is 0 Å². The van der Waals surface area contributed by atoms with Crippen LogP contribution in [-0.4, -0.2) is 50.4 Å². The molecule has 0 bridgehead atoms. The average molecular weight is 419 g/mol. The Morgan fingerprint density at radius 3 is 2.48 bits per heavy atom. The van der Waals surface area contributed by atoms with Crippen LogP contribution in [0.5, 0.6) is 0 Å². The highest BCUT2D eigenvalue weighted by Gasteiger charge is 2.37. The van der Waals surface area contributed by atoms with E-state index in [2.05, 4.69) is 12.8 Å². The fourth-order valence-corrected chi connectivity index (χ4v) is 5.27. The lowest BCUT2D eigenvalue weighted by atomic mass is 9.86. The molecule has 0 heterocycles. The highest BCUT2D eigenvalue weighted by atomic mass is 35.5. The predicted octanol–water partition coefficient (Wildman–Crippen LogP) is 4.16. The molecule has 0 aromatic rings. The van der Waals surface area contributed by atoms with Crippen LogP contribution in [0.15, 0.2) is 0 Å². The number of aliphatic hydroxyl groups is 2. The van der Waals surface area contributed by atoms with Gasteiger partial charge < -0.3 is 15.3 Å². The summed E-state index contributed by atoms with van der Waals surface area (Å²) in [4.78, 5) is 10.3. The SMILES string of the molecule is C#C[C@@H](O)C1CCCCC1.C[C@@H]1[C@@H](CCCCSCC(=O)O)[C@H](Cl)C[C@H]1O. The van der Waals surface area contributed by atoms with E-state index in [0.717, 1.165) is 37.9 Å². The van der Waals surface area contributed by atoms with Crippen LogP contribution in [0, 0.1) is 30.1 Å². The molecule has 27 heavy (non-hydrogen) atoms. The molecule has 0 aromatic heterocycles. The number of thioether (sulfide) groups is 1. The van der Waals surface area contributed by atoms with E-state index in [4.69, 9.17) is 23.1 Å². The van der Waals surface area contributed by atoms with Crippen molar-refractivity contribution in [2.24, 2.45) is 17.8 Å². The van der Waals surface area contributed by atoms with Crippen molar-refractivity contribution >= 4 is 29.3 Å². The summed E-state index contributed by atoms with van der Waals surface area (Å²) in [5.41, 5.74) is 0. The van der Waals surface area contributed by atoms with Crippen molar-refractivity contribution in [3.63, 3.8) is 0 Å². The molecular weight excluding hydrogens is 384 g/mol.